The molecule has 0 aliphatic carbocycles. The second-order valence-electron chi connectivity index (χ2n) is 5.46. The molecule has 1 aromatic carbocycles. The number of aromatic nitrogens is 3. The number of benzene rings is 1. The molecule has 0 aliphatic heterocycles. The van der Waals surface area contributed by atoms with Crippen molar-refractivity contribution >= 4 is 27.5 Å². The van der Waals surface area contributed by atoms with Crippen LogP contribution in [0.25, 0.3) is 10.2 Å². The zero-order chi connectivity index (χ0) is 16.1. The summed E-state index contributed by atoms with van der Waals surface area (Å²) in [4.78, 5) is 16.6. The molecule has 0 atom stereocenters. The van der Waals surface area contributed by atoms with Gasteiger partial charge in [0, 0.05) is 18.7 Å². The number of aryl methyl sites for hydroxylation is 2. The third kappa shape index (κ3) is 3.96. The smallest absolute Gasteiger partial charge is 0.271 e. The Kier molecular flexibility index (Phi) is 5.02. The van der Waals surface area contributed by atoms with E-state index in [1.54, 1.807) is 11.3 Å². The zero-order valence-electron chi connectivity index (χ0n) is 13.1. The lowest BCUT2D eigenvalue weighted by Crippen LogP contribution is -2.25. The van der Waals surface area contributed by atoms with E-state index in [1.807, 2.05) is 24.3 Å². The number of nitrogens with zero attached hydrogens (tertiary/aromatic N) is 2. The van der Waals surface area contributed by atoms with Gasteiger partial charge in [0.15, 0.2) is 0 Å². The van der Waals surface area contributed by atoms with Gasteiger partial charge < -0.3 is 5.32 Å². The molecule has 1 amide bonds. The molecule has 3 aromatic rings. The molecule has 3 rings (SSSR count). The lowest BCUT2D eigenvalue weighted by Gasteiger charge is -2.01. The maximum atomic E-state index is 12.0. The average Bonchev–Trinajstić information content (AvgIpc) is 3.18. The number of aromatic amines is 1. The maximum Gasteiger partial charge on any atom is 0.271 e. The number of carbonyl (C=O) groups excluding carboxylic acids is 1. The number of hydrogen-bond donors (Lipinski definition) is 2. The predicted octanol–water partition coefficient (Wildman–Crippen LogP) is 3.33. The van der Waals surface area contributed by atoms with Crippen molar-refractivity contribution in [2.24, 2.45) is 0 Å². The Labute approximate surface area is 139 Å². The Balaban J connectivity index is 1.46. The van der Waals surface area contributed by atoms with Crippen LogP contribution in [-0.2, 0) is 12.8 Å². The number of fused-ring (bicyclic) bond motifs is 1. The predicted molar refractivity (Wildman–Crippen MR) is 92.9 cm³/mol. The second kappa shape index (κ2) is 7.37. The highest BCUT2D eigenvalue weighted by molar-refractivity contribution is 7.18. The molecule has 0 unspecified atom stereocenters. The van der Waals surface area contributed by atoms with E-state index in [0.29, 0.717) is 12.2 Å². The molecule has 0 saturated carbocycles. The summed E-state index contributed by atoms with van der Waals surface area (Å²) in [6, 6.07) is 9.97. The van der Waals surface area contributed by atoms with Crippen LogP contribution < -0.4 is 5.32 Å². The Morgan fingerprint density at radius 3 is 3.00 bits per heavy atom. The van der Waals surface area contributed by atoms with Crippen LogP contribution in [0.15, 0.2) is 30.3 Å². The van der Waals surface area contributed by atoms with Crippen molar-refractivity contribution in [1.29, 1.82) is 0 Å². The van der Waals surface area contributed by atoms with Crippen molar-refractivity contribution < 1.29 is 4.79 Å². The van der Waals surface area contributed by atoms with Crippen LogP contribution >= 0.6 is 11.3 Å². The van der Waals surface area contributed by atoms with Crippen LogP contribution in [0.5, 0.6) is 0 Å². The molecule has 0 bridgehead atoms. The third-order valence-corrected chi connectivity index (χ3v) is 4.67. The highest BCUT2D eigenvalue weighted by atomic mass is 32.1. The first kappa shape index (κ1) is 15.7. The van der Waals surface area contributed by atoms with Gasteiger partial charge in [0.2, 0.25) is 0 Å². The first-order valence-electron chi connectivity index (χ1n) is 7.93. The van der Waals surface area contributed by atoms with Crippen molar-refractivity contribution in [2.75, 3.05) is 6.54 Å². The van der Waals surface area contributed by atoms with Crippen LogP contribution in [0.2, 0.25) is 0 Å². The third-order valence-electron chi connectivity index (χ3n) is 3.57. The van der Waals surface area contributed by atoms with Crippen molar-refractivity contribution in [3.63, 3.8) is 0 Å². The lowest BCUT2D eigenvalue weighted by atomic mass is 10.2. The van der Waals surface area contributed by atoms with E-state index in [2.05, 4.69) is 33.5 Å². The minimum absolute atomic E-state index is 0.118. The quantitative estimate of drug-likeness (QED) is 0.654. The molecule has 0 spiro atoms. The van der Waals surface area contributed by atoms with Gasteiger partial charge in [0.05, 0.1) is 15.2 Å². The number of rotatable bonds is 7. The van der Waals surface area contributed by atoms with Gasteiger partial charge in [-0.2, -0.15) is 5.10 Å². The number of H-pyrrole nitrogens is 1. The van der Waals surface area contributed by atoms with Crippen LogP contribution in [0.3, 0.4) is 0 Å². The van der Waals surface area contributed by atoms with E-state index in [1.165, 1.54) is 4.70 Å². The van der Waals surface area contributed by atoms with Gasteiger partial charge in [-0.25, -0.2) is 4.98 Å². The van der Waals surface area contributed by atoms with E-state index < -0.39 is 0 Å². The largest absolute Gasteiger partial charge is 0.351 e. The molecule has 2 aromatic heterocycles. The van der Waals surface area contributed by atoms with Gasteiger partial charge in [-0.05, 0) is 31.0 Å². The summed E-state index contributed by atoms with van der Waals surface area (Å²) in [7, 11) is 0. The fraction of sp³-hybridized carbons (Fsp3) is 0.353. The molecule has 5 nitrogen and oxygen atoms in total. The first-order valence-corrected chi connectivity index (χ1v) is 8.75. The summed E-state index contributed by atoms with van der Waals surface area (Å²) in [6.45, 7) is 2.73. The lowest BCUT2D eigenvalue weighted by molar-refractivity contribution is 0.0948. The average molecular weight is 328 g/mol. The number of para-hydroxylation sites is 1. The Hall–Kier alpha value is -2.21. The van der Waals surface area contributed by atoms with E-state index in [9.17, 15) is 4.79 Å². The minimum Gasteiger partial charge on any atom is -0.351 e. The molecule has 2 heterocycles. The molecular weight excluding hydrogens is 308 g/mol. The fourth-order valence-corrected chi connectivity index (χ4v) is 3.44. The van der Waals surface area contributed by atoms with E-state index >= 15 is 0 Å². The number of nitrogens with one attached hydrogen (secondary N) is 2. The van der Waals surface area contributed by atoms with Gasteiger partial charge in [-0.3, -0.25) is 9.89 Å². The Bertz CT molecular complexity index is 760. The van der Waals surface area contributed by atoms with Gasteiger partial charge >= 0.3 is 0 Å². The second-order valence-corrected chi connectivity index (χ2v) is 6.58. The normalized spacial score (nSPS) is 11.0. The van der Waals surface area contributed by atoms with E-state index in [-0.39, 0.29) is 5.91 Å². The monoisotopic (exact) mass is 328 g/mol. The van der Waals surface area contributed by atoms with Crippen molar-refractivity contribution in [3.05, 3.63) is 46.7 Å². The van der Waals surface area contributed by atoms with Crippen molar-refractivity contribution in [2.45, 2.75) is 32.6 Å². The van der Waals surface area contributed by atoms with Gasteiger partial charge in [0.25, 0.3) is 5.91 Å². The molecule has 0 saturated heterocycles. The molecule has 23 heavy (non-hydrogen) atoms. The van der Waals surface area contributed by atoms with E-state index in [0.717, 1.165) is 41.9 Å². The Morgan fingerprint density at radius 2 is 2.17 bits per heavy atom. The number of carbonyl (C=O) groups is 1. The first-order chi connectivity index (χ1) is 11.3. The van der Waals surface area contributed by atoms with Crippen molar-refractivity contribution in [1.82, 2.24) is 20.5 Å². The number of hydrogen-bond acceptors (Lipinski definition) is 4. The van der Waals surface area contributed by atoms with Crippen LogP contribution in [0.1, 0.15) is 41.0 Å². The minimum atomic E-state index is -0.118. The Morgan fingerprint density at radius 1 is 1.30 bits per heavy atom. The number of thiazole rings is 1. The molecule has 2 N–H and O–H groups in total. The topological polar surface area (TPSA) is 70.7 Å². The van der Waals surface area contributed by atoms with Gasteiger partial charge in [0.1, 0.15) is 5.69 Å². The summed E-state index contributed by atoms with van der Waals surface area (Å²) in [6.07, 6.45) is 3.70. The maximum absolute atomic E-state index is 12.0. The molecule has 0 aliphatic rings. The summed E-state index contributed by atoms with van der Waals surface area (Å²) in [5, 5.41) is 11.0. The molecular formula is C17H20N4OS. The summed E-state index contributed by atoms with van der Waals surface area (Å²) in [5.41, 5.74) is 2.53. The number of amides is 1. The standard InChI is InChI=1S/C17H20N4OS/c1-2-6-12-11-14(21-20-12)17(22)18-10-5-9-16-19-13-7-3-4-8-15(13)23-16/h3-4,7-8,11H,2,5-6,9-10H2,1H3,(H,18,22)(H,20,21). The molecule has 0 fully saturated rings. The van der Waals surface area contributed by atoms with Crippen LogP contribution in [0.4, 0.5) is 0 Å². The highest BCUT2D eigenvalue weighted by Gasteiger charge is 2.09. The van der Waals surface area contributed by atoms with Crippen molar-refractivity contribution in [3.8, 4) is 0 Å². The van der Waals surface area contributed by atoms with Gasteiger partial charge in [-0.1, -0.05) is 25.5 Å². The SMILES string of the molecule is CCCc1cc(C(=O)NCCCc2nc3ccccc3s2)n[nH]1. The molecule has 0 radical (unpaired) electrons. The molecule has 6 heteroatoms. The molecule has 120 valence electrons. The summed E-state index contributed by atoms with van der Waals surface area (Å²) >= 11 is 1.72. The summed E-state index contributed by atoms with van der Waals surface area (Å²) < 4.78 is 1.21. The van der Waals surface area contributed by atoms with E-state index in [4.69, 9.17) is 0 Å². The van der Waals surface area contributed by atoms with Gasteiger partial charge in [-0.15, -0.1) is 11.3 Å². The fourth-order valence-electron chi connectivity index (χ4n) is 2.43. The zero-order valence-corrected chi connectivity index (χ0v) is 13.9. The summed E-state index contributed by atoms with van der Waals surface area (Å²) in [5.74, 6) is -0.118. The van der Waals surface area contributed by atoms with Crippen LogP contribution in [-0.4, -0.2) is 27.6 Å². The van der Waals surface area contributed by atoms with Crippen LogP contribution in [0, 0.1) is 0 Å². The highest BCUT2D eigenvalue weighted by Crippen LogP contribution is 2.22.